The van der Waals surface area contributed by atoms with Crippen LogP contribution >= 0.6 is 0 Å². The summed E-state index contributed by atoms with van der Waals surface area (Å²) in [6, 6.07) is 0. The highest BCUT2D eigenvalue weighted by Crippen LogP contribution is 2.14. The van der Waals surface area contributed by atoms with Crippen LogP contribution in [0.3, 0.4) is 0 Å². The van der Waals surface area contributed by atoms with Crippen molar-refractivity contribution in [3.8, 4) is 0 Å². The van der Waals surface area contributed by atoms with Gasteiger partial charge in [0, 0.05) is 19.3 Å². The molecule has 0 saturated heterocycles. The van der Waals surface area contributed by atoms with Crippen molar-refractivity contribution in [2.45, 2.75) is 271 Å². The summed E-state index contributed by atoms with van der Waals surface area (Å²) in [6.45, 7) is 6.43. The SMILES string of the molecule is CC/C=C\C/C=C\C/C=C\C/C=C\C/C=C\C/C=C\C/C=C\CCCCCCCCCC(=O)OCC(COC(=O)CCCCCCCC)OC(=O)CCCCCCCCC/C=C\C/C=C\CCCCCC. The molecule has 0 heterocycles. The normalized spacial score (nSPS) is 12.9. The molecule has 0 aliphatic heterocycles. The Hall–Kier alpha value is -3.93. The maximum Gasteiger partial charge on any atom is 0.306 e. The molecule has 0 fully saturated rings. The standard InChI is InChI=1S/C65H108O6/c1-4-7-10-13-16-18-20-22-24-26-28-29-30-31-32-33-34-35-36-37-38-40-41-43-45-47-49-52-55-58-64(67)70-61-62(60-69-63(66)57-54-51-15-12-9-6-3)71-65(68)59-56-53-50-48-46-44-42-39-27-25-23-21-19-17-14-11-8-5-2/h7,10,16,18-19,21-22,24-25,27-29,31-32,34-35,37-38,62H,4-6,8-9,11-15,17,20,23,26,30,33,36,39-61H2,1-3H3/b10-7-,18-16-,21-19-,24-22-,27-25-,29-28-,32-31-,35-34-,38-37-. The van der Waals surface area contributed by atoms with Crippen molar-refractivity contribution >= 4 is 17.9 Å². The van der Waals surface area contributed by atoms with Gasteiger partial charge >= 0.3 is 17.9 Å². The largest absolute Gasteiger partial charge is 0.462 e. The Bertz CT molecular complexity index is 1460. The minimum atomic E-state index is -0.785. The maximum absolute atomic E-state index is 12.8. The van der Waals surface area contributed by atoms with Crippen molar-refractivity contribution in [3.05, 3.63) is 109 Å². The van der Waals surface area contributed by atoms with Gasteiger partial charge in [-0.25, -0.2) is 0 Å². The van der Waals surface area contributed by atoms with Crippen LogP contribution < -0.4 is 0 Å². The van der Waals surface area contributed by atoms with Gasteiger partial charge in [0.1, 0.15) is 13.2 Å². The van der Waals surface area contributed by atoms with Gasteiger partial charge < -0.3 is 14.2 Å². The predicted molar refractivity (Wildman–Crippen MR) is 307 cm³/mol. The molecule has 0 spiro atoms. The van der Waals surface area contributed by atoms with Crippen LogP contribution in [0.25, 0.3) is 0 Å². The summed E-state index contributed by atoms with van der Waals surface area (Å²) in [5.41, 5.74) is 0. The molecule has 1 atom stereocenters. The van der Waals surface area contributed by atoms with E-state index in [9.17, 15) is 14.4 Å². The van der Waals surface area contributed by atoms with E-state index in [-0.39, 0.29) is 31.1 Å². The van der Waals surface area contributed by atoms with Crippen LogP contribution in [0.15, 0.2) is 109 Å². The number of unbranched alkanes of at least 4 members (excludes halogenated alkanes) is 23. The Morgan fingerprint density at radius 3 is 0.873 bits per heavy atom. The number of hydrogen-bond acceptors (Lipinski definition) is 6. The highest BCUT2D eigenvalue weighted by Gasteiger charge is 2.19. The second-order valence-corrected chi connectivity index (χ2v) is 19.2. The van der Waals surface area contributed by atoms with E-state index in [0.717, 1.165) is 122 Å². The quantitative estimate of drug-likeness (QED) is 0.0261. The minimum absolute atomic E-state index is 0.0853. The molecule has 0 aromatic rings. The van der Waals surface area contributed by atoms with Crippen LogP contribution in [0.5, 0.6) is 0 Å². The lowest BCUT2D eigenvalue weighted by Crippen LogP contribution is -2.30. The molecule has 6 heteroatoms. The van der Waals surface area contributed by atoms with Gasteiger partial charge in [0.25, 0.3) is 0 Å². The zero-order valence-electron chi connectivity index (χ0n) is 46.2. The number of carbonyl (C=O) groups excluding carboxylic acids is 3. The van der Waals surface area contributed by atoms with Crippen LogP contribution in [-0.2, 0) is 28.6 Å². The summed E-state index contributed by atoms with van der Waals surface area (Å²) in [4.78, 5) is 37.9. The van der Waals surface area contributed by atoms with Crippen molar-refractivity contribution in [3.63, 3.8) is 0 Å². The van der Waals surface area contributed by atoms with Gasteiger partial charge in [-0.1, -0.05) is 246 Å². The Morgan fingerprint density at radius 2 is 0.549 bits per heavy atom. The minimum Gasteiger partial charge on any atom is -0.462 e. The maximum atomic E-state index is 12.8. The molecular formula is C65H108O6. The first kappa shape index (κ1) is 67.1. The molecule has 0 aromatic heterocycles. The van der Waals surface area contributed by atoms with Crippen molar-refractivity contribution < 1.29 is 28.6 Å². The molecule has 0 rings (SSSR count). The van der Waals surface area contributed by atoms with Gasteiger partial charge in [-0.3, -0.25) is 14.4 Å². The molecule has 0 amide bonds. The van der Waals surface area contributed by atoms with Gasteiger partial charge in [0.2, 0.25) is 0 Å². The van der Waals surface area contributed by atoms with Crippen LogP contribution in [0.2, 0.25) is 0 Å². The fourth-order valence-corrected chi connectivity index (χ4v) is 7.86. The second kappa shape index (κ2) is 58.6. The van der Waals surface area contributed by atoms with E-state index < -0.39 is 6.10 Å². The summed E-state index contributed by atoms with van der Waals surface area (Å²) in [7, 11) is 0. The summed E-state index contributed by atoms with van der Waals surface area (Å²) in [6.07, 6.45) is 79.7. The molecule has 71 heavy (non-hydrogen) atoms. The molecule has 0 N–H and O–H groups in total. The smallest absolute Gasteiger partial charge is 0.306 e. The van der Waals surface area contributed by atoms with Crippen LogP contribution in [0.4, 0.5) is 0 Å². The fraction of sp³-hybridized carbons (Fsp3) is 0.677. The van der Waals surface area contributed by atoms with E-state index in [4.69, 9.17) is 14.2 Å². The number of ether oxygens (including phenoxy) is 3. The van der Waals surface area contributed by atoms with Crippen molar-refractivity contribution in [2.75, 3.05) is 13.2 Å². The molecule has 0 bridgehead atoms. The highest BCUT2D eigenvalue weighted by molar-refractivity contribution is 5.71. The van der Waals surface area contributed by atoms with Gasteiger partial charge in [0.05, 0.1) is 0 Å². The third-order valence-corrected chi connectivity index (χ3v) is 12.3. The molecule has 1 unspecified atom stereocenters. The van der Waals surface area contributed by atoms with Gasteiger partial charge in [-0.15, -0.1) is 0 Å². The molecule has 0 radical (unpaired) electrons. The third-order valence-electron chi connectivity index (χ3n) is 12.3. The topological polar surface area (TPSA) is 78.9 Å². The van der Waals surface area contributed by atoms with E-state index in [1.54, 1.807) is 0 Å². The zero-order valence-corrected chi connectivity index (χ0v) is 46.2. The molecule has 0 aliphatic rings. The highest BCUT2D eigenvalue weighted by atomic mass is 16.6. The van der Waals surface area contributed by atoms with E-state index in [1.165, 1.54) is 103 Å². The summed E-state index contributed by atoms with van der Waals surface area (Å²) in [5, 5.41) is 0. The van der Waals surface area contributed by atoms with E-state index in [0.29, 0.717) is 19.3 Å². The van der Waals surface area contributed by atoms with Crippen molar-refractivity contribution in [2.24, 2.45) is 0 Å². The average Bonchev–Trinajstić information content (AvgIpc) is 3.37. The van der Waals surface area contributed by atoms with E-state index in [2.05, 4.69) is 130 Å². The monoisotopic (exact) mass is 985 g/mol. The van der Waals surface area contributed by atoms with E-state index in [1.807, 2.05) is 0 Å². The number of hydrogen-bond donors (Lipinski definition) is 0. The van der Waals surface area contributed by atoms with Crippen molar-refractivity contribution in [1.82, 2.24) is 0 Å². The average molecular weight is 986 g/mol. The summed E-state index contributed by atoms with van der Waals surface area (Å²) in [5.74, 6) is -0.914. The third kappa shape index (κ3) is 56.9. The molecular weight excluding hydrogens is 877 g/mol. The Morgan fingerprint density at radius 1 is 0.296 bits per heavy atom. The molecule has 0 aromatic carbocycles. The number of carbonyl (C=O) groups is 3. The molecule has 0 aliphatic carbocycles. The number of allylic oxidation sites excluding steroid dienone is 18. The lowest BCUT2D eigenvalue weighted by molar-refractivity contribution is -0.167. The number of rotatable bonds is 52. The zero-order chi connectivity index (χ0) is 51.4. The summed E-state index contributed by atoms with van der Waals surface area (Å²) < 4.78 is 16.7. The van der Waals surface area contributed by atoms with Crippen LogP contribution in [-0.4, -0.2) is 37.2 Å². The number of esters is 3. The van der Waals surface area contributed by atoms with Crippen LogP contribution in [0.1, 0.15) is 265 Å². The van der Waals surface area contributed by atoms with E-state index >= 15 is 0 Å². The first-order valence-corrected chi connectivity index (χ1v) is 29.4. The molecule has 6 nitrogen and oxygen atoms in total. The lowest BCUT2D eigenvalue weighted by Gasteiger charge is -2.18. The Balaban J connectivity index is 4.18. The lowest BCUT2D eigenvalue weighted by atomic mass is 10.1. The fourth-order valence-electron chi connectivity index (χ4n) is 7.86. The van der Waals surface area contributed by atoms with Gasteiger partial charge in [0.15, 0.2) is 6.10 Å². The molecule has 404 valence electrons. The Labute approximate surface area is 438 Å². The van der Waals surface area contributed by atoms with Gasteiger partial charge in [-0.05, 0) is 109 Å². The predicted octanol–water partition coefficient (Wildman–Crippen LogP) is 19.9. The molecule has 0 saturated carbocycles. The van der Waals surface area contributed by atoms with Crippen LogP contribution in [0, 0.1) is 0 Å². The first-order chi connectivity index (χ1) is 35.0. The van der Waals surface area contributed by atoms with Gasteiger partial charge in [-0.2, -0.15) is 0 Å². The first-order valence-electron chi connectivity index (χ1n) is 29.4. The Kier molecular flexibility index (Phi) is 55.4. The summed E-state index contributed by atoms with van der Waals surface area (Å²) >= 11 is 0. The second-order valence-electron chi connectivity index (χ2n) is 19.2. The van der Waals surface area contributed by atoms with Crippen molar-refractivity contribution in [1.29, 1.82) is 0 Å².